The number of likely N-dealkylation sites (tertiary alicyclic amines) is 1. The number of pyridine rings is 1. The second-order valence-corrected chi connectivity index (χ2v) is 7.92. The van der Waals surface area contributed by atoms with Gasteiger partial charge in [0.25, 0.3) is 0 Å². The second-order valence-electron chi connectivity index (χ2n) is 7.92. The van der Waals surface area contributed by atoms with E-state index in [0.717, 1.165) is 58.1 Å². The van der Waals surface area contributed by atoms with Crippen LogP contribution in [0.4, 0.5) is 5.82 Å². The third-order valence-electron chi connectivity index (χ3n) is 5.93. The molecule has 2 aromatic heterocycles. The van der Waals surface area contributed by atoms with Crippen molar-refractivity contribution in [2.45, 2.75) is 32.2 Å². The molecule has 0 bridgehead atoms. The highest BCUT2D eigenvalue weighted by Crippen LogP contribution is 2.23. The minimum atomic E-state index is 0.311. The minimum Gasteiger partial charge on any atom is -0.353 e. The Hall–Kier alpha value is -2.41. The van der Waals surface area contributed by atoms with Gasteiger partial charge in [-0.1, -0.05) is 6.07 Å². The van der Waals surface area contributed by atoms with E-state index in [1.54, 1.807) is 0 Å². The van der Waals surface area contributed by atoms with Gasteiger partial charge in [0.15, 0.2) is 0 Å². The summed E-state index contributed by atoms with van der Waals surface area (Å²) in [5.41, 5.74) is 1.17. The Morgan fingerprint density at radius 1 is 1.11 bits per heavy atom. The van der Waals surface area contributed by atoms with E-state index in [-0.39, 0.29) is 0 Å². The maximum absolute atomic E-state index is 12.7. The second kappa shape index (κ2) is 9.19. The quantitative estimate of drug-likeness (QED) is 0.829. The van der Waals surface area contributed by atoms with Crippen LogP contribution in [0, 0.1) is 5.92 Å². The van der Waals surface area contributed by atoms with Crippen molar-refractivity contribution in [3.63, 3.8) is 0 Å². The fourth-order valence-corrected chi connectivity index (χ4v) is 4.36. The molecule has 0 aliphatic carbocycles. The number of nitrogens with one attached hydrogen (secondary N) is 1. The number of carbonyl (C=O) groups excluding carboxylic acids is 1. The zero-order valence-electron chi connectivity index (χ0n) is 16.5. The van der Waals surface area contributed by atoms with Crippen molar-refractivity contribution in [3.8, 4) is 0 Å². The molecular formula is C21H30N6O. The lowest BCUT2D eigenvalue weighted by atomic mass is 9.93. The summed E-state index contributed by atoms with van der Waals surface area (Å²) in [6, 6.07) is 8.03. The van der Waals surface area contributed by atoms with Crippen molar-refractivity contribution in [1.82, 2.24) is 25.0 Å². The van der Waals surface area contributed by atoms with E-state index in [1.807, 2.05) is 41.6 Å². The van der Waals surface area contributed by atoms with Crippen molar-refractivity contribution in [3.05, 3.63) is 42.4 Å². The average Bonchev–Trinajstić information content (AvgIpc) is 3.26. The van der Waals surface area contributed by atoms with Crippen LogP contribution in [0.2, 0.25) is 0 Å². The number of hydrogen-bond donors (Lipinski definition) is 1. The molecule has 0 aromatic carbocycles. The fourth-order valence-electron chi connectivity index (χ4n) is 4.36. The highest BCUT2D eigenvalue weighted by atomic mass is 16.2. The van der Waals surface area contributed by atoms with Gasteiger partial charge in [-0.3, -0.25) is 14.8 Å². The number of piperidine rings is 1. The lowest BCUT2D eigenvalue weighted by molar-refractivity contribution is -0.131. The first-order valence-corrected chi connectivity index (χ1v) is 10.4. The van der Waals surface area contributed by atoms with Gasteiger partial charge < -0.3 is 9.80 Å². The first-order valence-electron chi connectivity index (χ1n) is 10.4. The Morgan fingerprint density at radius 2 is 2.00 bits per heavy atom. The first kappa shape index (κ1) is 18.9. The SMILES string of the molecule is O=C(CCC1CCCN(Cc2ccn[nH]2)C1)N1CCN(c2ccccn2)CC1. The molecule has 7 nitrogen and oxygen atoms in total. The predicted molar refractivity (Wildman–Crippen MR) is 109 cm³/mol. The summed E-state index contributed by atoms with van der Waals surface area (Å²) in [6.45, 7) is 6.48. The summed E-state index contributed by atoms with van der Waals surface area (Å²) in [5.74, 6) is 1.94. The highest BCUT2D eigenvalue weighted by molar-refractivity contribution is 5.76. The van der Waals surface area contributed by atoms with Gasteiger partial charge in [-0.2, -0.15) is 5.10 Å². The molecule has 2 fully saturated rings. The number of nitrogens with zero attached hydrogens (tertiary/aromatic N) is 5. The summed E-state index contributed by atoms with van der Waals surface area (Å²) in [6.07, 6.45) is 7.76. The number of piperazine rings is 1. The van der Waals surface area contributed by atoms with E-state index < -0.39 is 0 Å². The molecule has 4 heterocycles. The maximum atomic E-state index is 12.7. The van der Waals surface area contributed by atoms with Crippen molar-refractivity contribution < 1.29 is 4.79 Å². The molecule has 1 unspecified atom stereocenters. The summed E-state index contributed by atoms with van der Waals surface area (Å²) in [4.78, 5) is 23.9. The van der Waals surface area contributed by atoms with Crippen LogP contribution in [0.25, 0.3) is 0 Å². The van der Waals surface area contributed by atoms with Gasteiger partial charge in [0.2, 0.25) is 5.91 Å². The molecule has 2 aromatic rings. The van der Waals surface area contributed by atoms with Crippen LogP contribution in [0.3, 0.4) is 0 Å². The molecule has 1 atom stereocenters. The van der Waals surface area contributed by atoms with Crippen molar-refractivity contribution in [2.75, 3.05) is 44.2 Å². The number of aromatic amines is 1. The lowest BCUT2D eigenvalue weighted by Crippen LogP contribution is -2.49. The van der Waals surface area contributed by atoms with Gasteiger partial charge >= 0.3 is 0 Å². The normalized spacial score (nSPS) is 21.1. The fraction of sp³-hybridized carbons (Fsp3) is 0.571. The third kappa shape index (κ3) is 4.90. The van der Waals surface area contributed by atoms with Crippen molar-refractivity contribution in [1.29, 1.82) is 0 Å². The van der Waals surface area contributed by atoms with Crippen LogP contribution in [-0.4, -0.2) is 70.2 Å². The molecule has 2 saturated heterocycles. The third-order valence-corrected chi connectivity index (χ3v) is 5.93. The standard InChI is InChI=1S/C21H30N6O/c28-21(27-14-12-26(13-15-27)20-5-1-2-9-22-20)7-6-18-4-3-11-25(16-18)17-19-8-10-23-24-19/h1-2,5,8-10,18H,3-4,6-7,11-17H2,(H,23,24). The zero-order valence-corrected chi connectivity index (χ0v) is 16.5. The summed E-state index contributed by atoms with van der Waals surface area (Å²) in [5, 5.41) is 7.08. The molecule has 4 rings (SSSR count). The minimum absolute atomic E-state index is 0.311. The van der Waals surface area contributed by atoms with Crippen LogP contribution in [0.15, 0.2) is 36.7 Å². The molecule has 2 aliphatic rings. The Kier molecular flexibility index (Phi) is 6.21. The number of hydrogen-bond acceptors (Lipinski definition) is 5. The number of rotatable bonds is 6. The van der Waals surface area contributed by atoms with E-state index in [1.165, 1.54) is 18.5 Å². The molecule has 0 saturated carbocycles. The molecular weight excluding hydrogens is 352 g/mol. The Bertz CT molecular complexity index is 727. The van der Waals surface area contributed by atoms with Gasteiger partial charge in [-0.15, -0.1) is 0 Å². The molecule has 0 radical (unpaired) electrons. The Balaban J connectivity index is 1.19. The van der Waals surface area contributed by atoms with Gasteiger partial charge in [-0.25, -0.2) is 4.98 Å². The Labute approximate surface area is 166 Å². The van der Waals surface area contributed by atoms with Gasteiger partial charge in [0.1, 0.15) is 5.82 Å². The van der Waals surface area contributed by atoms with E-state index in [2.05, 4.69) is 25.0 Å². The number of carbonyl (C=O) groups is 1. The largest absolute Gasteiger partial charge is 0.353 e. The van der Waals surface area contributed by atoms with Crippen LogP contribution in [0.1, 0.15) is 31.4 Å². The maximum Gasteiger partial charge on any atom is 0.222 e. The van der Waals surface area contributed by atoms with E-state index in [9.17, 15) is 4.79 Å². The van der Waals surface area contributed by atoms with E-state index in [0.29, 0.717) is 18.2 Å². The van der Waals surface area contributed by atoms with Gasteiger partial charge in [0.05, 0.1) is 0 Å². The lowest BCUT2D eigenvalue weighted by Gasteiger charge is -2.36. The van der Waals surface area contributed by atoms with Gasteiger partial charge in [-0.05, 0) is 49.9 Å². The Morgan fingerprint density at radius 3 is 2.75 bits per heavy atom. The highest BCUT2D eigenvalue weighted by Gasteiger charge is 2.24. The molecule has 2 aliphatic heterocycles. The summed E-state index contributed by atoms with van der Waals surface area (Å²) in [7, 11) is 0. The van der Waals surface area contributed by atoms with E-state index >= 15 is 0 Å². The van der Waals surface area contributed by atoms with Crippen LogP contribution in [0.5, 0.6) is 0 Å². The van der Waals surface area contributed by atoms with Crippen molar-refractivity contribution >= 4 is 11.7 Å². The molecule has 1 N–H and O–H groups in total. The van der Waals surface area contributed by atoms with Crippen LogP contribution >= 0.6 is 0 Å². The van der Waals surface area contributed by atoms with Gasteiger partial charge in [0, 0.05) is 63.8 Å². The molecule has 0 spiro atoms. The average molecular weight is 383 g/mol. The molecule has 28 heavy (non-hydrogen) atoms. The number of amides is 1. The first-order chi connectivity index (χ1) is 13.8. The number of aromatic nitrogens is 3. The monoisotopic (exact) mass is 382 g/mol. The van der Waals surface area contributed by atoms with Crippen LogP contribution < -0.4 is 4.90 Å². The topological polar surface area (TPSA) is 68.4 Å². The van der Waals surface area contributed by atoms with E-state index in [4.69, 9.17) is 0 Å². The number of H-pyrrole nitrogens is 1. The van der Waals surface area contributed by atoms with Crippen molar-refractivity contribution in [2.24, 2.45) is 5.92 Å². The zero-order chi connectivity index (χ0) is 19.2. The summed E-state index contributed by atoms with van der Waals surface area (Å²) >= 11 is 0. The molecule has 7 heteroatoms. The predicted octanol–water partition coefficient (Wildman–Crippen LogP) is 2.15. The summed E-state index contributed by atoms with van der Waals surface area (Å²) < 4.78 is 0. The van der Waals surface area contributed by atoms with Crippen LogP contribution in [-0.2, 0) is 11.3 Å². The smallest absolute Gasteiger partial charge is 0.222 e. The molecule has 150 valence electrons. The molecule has 1 amide bonds. The number of anilines is 1.